The molecule has 82 valence electrons. The second kappa shape index (κ2) is 3.12. The molecule has 16 heavy (non-hydrogen) atoms. The van der Waals surface area contributed by atoms with E-state index in [9.17, 15) is 0 Å². The fourth-order valence-corrected chi connectivity index (χ4v) is 2.21. The maximum absolute atomic E-state index is 6.01. The van der Waals surface area contributed by atoms with Crippen LogP contribution in [-0.4, -0.2) is 11.1 Å². The highest BCUT2D eigenvalue weighted by atomic mass is 16.5. The van der Waals surface area contributed by atoms with E-state index in [2.05, 4.69) is 16.7 Å². The van der Waals surface area contributed by atoms with E-state index in [4.69, 9.17) is 10.5 Å². The average molecular weight is 214 g/mol. The van der Waals surface area contributed by atoms with Gasteiger partial charge in [-0.2, -0.15) is 0 Å². The van der Waals surface area contributed by atoms with E-state index in [1.54, 1.807) is 0 Å². The molecule has 2 aromatic rings. The molecule has 1 aliphatic heterocycles. The van der Waals surface area contributed by atoms with Gasteiger partial charge in [0.25, 0.3) is 0 Å². The highest BCUT2D eigenvalue weighted by molar-refractivity contribution is 5.51. The van der Waals surface area contributed by atoms with Gasteiger partial charge in [0.1, 0.15) is 5.75 Å². The minimum atomic E-state index is -0.433. The van der Waals surface area contributed by atoms with Crippen LogP contribution in [0, 0.1) is 0 Å². The lowest BCUT2D eigenvalue weighted by Gasteiger charge is -2.36. The Kier molecular flexibility index (Phi) is 1.85. The summed E-state index contributed by atoms with van der Waals surface area (Å²) < 4.78 is 8.15. The topological polar surface area (TPSA) is 40.2 Å². The molecular formula is C13H14N2O. The van der Waals surface area contributed by atoms with Crippen LogP contribution in [-0.2, 0) is 5.60 Å². The fourth-order valence-electron chi connectivity index (χ4n) is 2.21. The number of rotatable bonds is 1. The Bertz CT molecular complexity index is 532. The van der Waals surface area contributed by atoms with Gasteiger partial charge in [0.05, 0.1) is 11.4 Å². The number of fused-ring (bicyclic) bond motifs is 3. The van der Waals surface area contributed by atoms with E-state index < -0.39 is 5.60 Å². The summed E-state index contributed by atoms with van der Waals surface area (Å²) in [5.74, 6) is 0.888. The number of nitrogens with zero attached hydrogens (tertiary/aromatic N) is 1. The van der Waals surface area contributed by atoms with Crippen molar-refractivity contribution < 1.29 is 4.74 Å². The summed E-state index contributed by atoms with van der Waals surface area (Å²) in [7, 11) is 0. The third-order valence-electron chi connectivity index (χ3n) is 3.14. The third kappa shape index (κ3) is 1.12. The Morgan fingerprint density at radius 2 is 2.06 bits per heavy atom. The van der Waals surface area contributed by atoms with Gasteiger partial charge in [-0.15, -0.1) is 0 Å². The molecule has 0 bridgehead atoms. The molecule has 1 aromatic carbocycles. The van der Waals surface area contributed by atoms with Crippen molar-refractivity contribution >= 4 is 0 Å². The highest BCUT2D eigenvalue weighted by Crippen LogP contribution is 2.38. The number of hydrogen-bond acceptors (Lipinski definition) is 2. The van der Waals surface area contributed by atoms with Crippen molar-refractivity contribution in [3.05, 3.63) is 48.3 Å². The molecule has 1 atom stereocenters. The van der Waals surface area contributed by atoms with E-state index in [1.165, 1.54) is 0 Å². The van der Waals surface area contributed by atoms with Crippen molar-refractivity contribution in [2.24, 2.45) is 5.73 Å². The highest BCUT2D eigenvalue weighted by Gasteiger charge is 2.35. The van der Waals surface area contributed by atoms with Crippen LogP contribution in [0.2, 0.25) is 0 Å². The van der Waals surface area contributed by atoms with Gasteiger partial charge in [0.2, 0.25) is 0 Å². The average Bonchev–Trinajstić information content (AvgIpc) is 2.79. The molecule has 0 aliphatic carbocycles. The van der Waals surface area contributed by atoms with Crippen molar-refractivity contribution in [2.75, 3.05) is 6.54 Å². The standard InChI is InChI=1S/C13H14N2O/c1-13(9-14)12-7-4-8-15(12)10-5-2-3-6-11(10)16-13/h2-8H,9,14H2,1H3. The molecule has 1 aromatic heterocycles. The van der Waals surface area contributed by atoms with Gasteiger partial charge in [-0.3, -0.25) is 0 Å². The van der Waals surface area contributed by atoms with Crippen LogP contribution in [0.15, 0.2) is 42.6 Å². The Labute approximate surface area is 94.5 Å². The fraction of sp³-hybridized carbons (Fsp3) is 0.231. The van der Waals surface area contributed by atoms with E-state index in [0.717, 1.165) is 17.1 Å². The van der Waals surface area contributed by atoms with Crippen LogP contribution >= 0.6 is 0 Å². The molecule has 0 amide bonds. The van der Waals surface area contributed by atoms with Gasteiger partial charge in [0, 0.05) is 12.7 Å². The quantitative estimate of drug-likeness (QED) is 0.789. The minimum absolute atomic E-state index is 0.433. The van der Waals surface area contributed by atoms with Gasteiger partial charge in [-0.1, -0.05) is 12.1 Å². The summed E-state index contributed by atoms with van der Waals surface area (Å²) in [4.78, 5) is 0. The molecular weight excluding hydrogens is 200 g/mol. The smallest absolute Gasteiger partial charge is 0.158 e. The van der Waals surface area contributed by atoms with Crippen molar-refractivity contribution in [3.63, 3.8) is 0 Å². The second-order valence-electron chi connectivity index (χ2n) is 4.27. The van der Waals surface area contributed by atoms with Gasteiger partial charge in [-0.05, 0) is 31.2 Å². The lowest BCUT2D eigenvalue weighted by Crippen LogP contribution is -2.41. The molecule has 3 rings (SSSR count). The van der Waals surface area contributed by atoms with Gasteiger partial charge >= 0.3 is 0 Å². The predicted molar refractivity (Wildman–Crippen MR) is 62.8 cm³/mol. The molecule has 3 heteroatoms. The van der Waals surface area contributed by atoms with E-state index in [1.807, 2.05) is 37.4 Å². The van der Waals surface area contributed by atoms with Gasteiger partial charge < -0.3 is 15.0 Å². The number of nitrogens with two attached hydrogens (primary N) is 1. The lowest BCUT2D eigenvalue weighted by molar-refractivity contribution is 0.0809. The van der Waals surface area contributed by atoms with Crippen molar-refractivity contribution in [1.29, 1.82) is 0 Å². The summed E-state index contributed by atoms with van der Waals surface area (Å²) >= 11 is 0. The molecule has 1 unspecified atom stereocenters. The first-order chi connectivity index (χ1) is 7.74. The largest absolute Gasteiger partial charge is 0.478 e. The third-order valence-corrected chi connectivity index (χ3v) is 3.14. The number of benzene rings is 1. The Morgan fingerprint density at radius 3 is 2.88 bits per heavy atom. The van der Waals surface area contributed by atoms with Crippen LogP contribution in [0.5, 0.6) is 5.75 Å². The van der Waals surface area contributed by atoms with E-state index >= 15 is 0 Å². The summed E-state index contributed by atoms with van der Waals surface area (Å²) in [5.41, 5.74) is 7.58. The monoisotopic (exact) mass is 214 g/mol. The molecule has 3 nitrogen and oxygen atoms in total. The van der Waals surface area contributed by atoms with Crippen LogP contribution in [0.4, 0.5) is 0 Å². The molecule has 0 radical (unpaired) electrons. The van der Waals surface area contributed by atoms with Crippen LogP contribution in [0.3, 0.4) is 0 Å². The molecule has 2 N–H and O–H groups in total. The maximum Gasteiger partial charge on any atom is 0.158 e. The molecule has 1 aliphatic rings. The second-order valence-corrected chi connectivity index (χ2v) is 4.27. The Hall–Kier alpha value is -1.74. The van der Waals surface area contributed by atoms with Crippen LogP contribution < -0.4 is 10.5 Å². The SMILES string of the molecule is CC1(CN)Oc2ccccc2-n2cccc21. The van der Waals surface area contributed by atoms with E-state index in [-0.39, 0.29) is 0 Å². The molecule has 0 spiro atoms. The lowest BCUT2D eigenvalue weighted by atomic mass is 10.00. The summed E-state index contributed by atoms with van der Waals surface area (Å²) in [6, 6.07) is 12.1. The number of hydrogen-bond donors (Lipinski definition) is 1. The molecule has 2 heterocycles. The van der Waals surface area contributed by atoms with Gasteiger partial charge in [0.15, 0.2) is 5.60 Å². The van der Waals surface area contributed by atoms with Gasteiger partial charge in [-0.25, -0.2) is 0 Å². The first kappa shape index (κ1) is 9.48. The normalized spacial score (nSPS) is 22.1. The number of para-hydroxylation sites is 2. The first-order valence-corrected chi connectivity index (χ1v) is 5.41. The summed E-state index contributed by atoms with van der Waals surface area (Å²) in [6.07, 6.45) is 2.05. The number of ether oxygens (including phenoxy) is 1. The van der Waals surface area contributed by atoms with Crippen LogP contribution in [0.25, 0.3) is 5.69 Å². The maximum atomic E-state index is 6.01. The van der Waals surface area contributed by atoms with Crippen molar-refractivity contribution in [1.82, 2.24) is 4.57 Å². The molecule has 0 fully saturated rings. The molecule has 0 saturated heterocycles. The zero-order valence-electron chi connectivity index (χ0n) is 9.18. The zero-order valence-corrected chi connectivity index (χ0v) is 9.18. The van der Waals surface area contributed by atoms with Crippen LogP contribution in [0.1, 0.15) is 12.6 Å². The predicted octanol–water partition coefficient (Wildman–Crippen LogP) is 2.04. The summed E-state index contributed by atoms with van der Waals surface area (Å²) in [6.45, 7) is 2.49. The number of aromatic nitrogens is 1. The van der Waals surface area contributed by atoms with Crippen molar-refractivity contribution in [3.8, 4) is 11.4 Å². The summed E-state index contributed by atoms with van der Waals surface area (Å²) in [5, 5.41) is 0. The molecule has 0 saturated carbocycles. The van der Waals surface area contributed by atoms with E-state index in [0.29, 0.717) is 6.54 Å². The Balaban J connectivity index is 2.27. The first-order valence-electron chi connectivity index (χ1n) is 5.41. The zero-order chi connectivity index (χ0) is 11.2. The van der Waals surface area contributed by atoms with Crippen molar-refractivity contribution in [2.45, 2.75) is 12.5 Å². The Morgan fingerprint density at radius 1 is 1.25 bits per heavy atom. The minimum Gasteiger partial charge on any atom is -0.478 e.